The molecule has 1 aromatic heterocycles. The third-order valence-electron chi connectivity index (χ3n) is 4.06. The van der Waals surface area contributed by atoms with Gasteiger partial charge in [-0.3, -0.25) is 3.97 Å². The number of methoxy groups -OCH3 is 1. The van der Waals surface area contributed by atoms with E-state index in [1.165, 1.54) is 0 Å². The summed E-state index contributed by atoms with van der Waals surface area (Å²) in [7, 11) is 1.67. The minimum atomic E-state index is 0.659. The van der Waals surface area contributed by atoms with E-state index in [1.807, 2.05) is 64.8 Å². The van der Waals surface area contributed by atoms with Gasteiger partial charge in [0.15, 0.2) is 18.0 Å². The Balaban J connectivity index is 1.61. The van der Waals surface area contributed by atoms with Crippen molar-refractivity contribution in [2.45, 2.75) is 0 Å². The maximum absolute atomic E-state index is 5.36. The van der Waals surface area contributed by atoms with E-state index < -0.39 is 0 Å². The molecular weight excluding hydrogens is 346 g/mol. The zero-order valence-electron chi connectivity index (χ0n) is 14.2. The van der Waals surface area contributed by atoms with Crippen LogP contribution in [0.3, 0.4) is 0 Å². The lowest BCUT2D eigenvalue weighted by atomic mass is 10.0. The third-order valence-corrected chi connectivity index (χ3v) is 4.65. The van der Waals surface area contributed by atoms with E-state index in [1.54, 1.807) is 7.11 Å². The largest absolute Gasteiger partial charge is 0.497 e. The van der Waals surface area contributed by atoms with Crippen molar-refractivity contribution in [3.8, 4) is 22.6 Å². The predicted molar refractivity (Wildman–Crippen MR) is 105 cm³/mol. The van der Waals surface area contributed by atoms with Crippen molar-refractivity contribution in [1.82, 2.24) is 3.97 Å². The minimum absolute atomic E-state index is 0.659. The fourth-order valence-electron chi connectivity index (χ4n) is 2.78. The molecule has 4 rings (SSSR count). The maximum Gasteiger partial charge on any atom is 0.169 e. The molecule has 0 unspecified atom stereocenters. The summed E-state index contributed by atoms with van der Waals surface area (Å²) in [5.74, 6) is 1.50. The second-order valence-corrected chi connectivity index (χ2v) is 6.33. The molecule has 3 aromatic carbocycles. The van der Waals surface area contributed by atoms with Crippen LogP contribution in [0.5, 0.6) is 11.5 Å². The summed E-state index contributed by atoms with van der Waals surface area (Å²) in [4.78, 5) is 5.33. The van der Waals surface area contributed by atoms with Crippen LogP contribution in [0.15, 0.2) is 85.1 Å². The van der Waals surface area contributed by atoms with Crippen LogP contribution < -0.4 is 9.62 Å². The highest BCUT2D eigenvalue weighted by molar-refractivity contribution is 7.93. The van der Waals surface area contributed by atoms with E-state index in [2.05, 4.69) is 24.3 Å². The molecule has 0 saturated heterocycles. The first-order chi connectivity index (χ1) is 12.8. The van der Waals surface area contributed by atoms with Gasteiger partial charge in [0.2, 0.25) is 0 Å². The quantitative estimate of drug-likeness (QED) is 0.248. The van der Waals surface area contributed by atoms with Gasteiger partial charge in [-0.25, -0.2) is 0 Å². The summed E-state index contributed by atoms with van der Waals surface area (Å²) in [6.07, 6.45) is 2.05. The number of benzene rings is 3. The molecule has 0 bridgehead atoms. The molecule has 4 aromatic rings. The summed E-state index contributed by atoms with van der Waals surface area (Å²) in [5.41, 5.74) is 3.30. The van der Waals surface area contributed by atoms with Crippen molar-refractivity contribution in [3.63, 3.8) is 0 Å². The van der Waals surface area contributed by atoms with Crippen molar-refractivity contribution in [2.75, 3.05) is 7.11 Å². The van der Waals surface area contributed by atoms with E-state index in [0.29, 0.717) is 5.75 Å². The third kappa shape index (κ3) is 3.40. The first kappa shape index (κ1) is 16.6. The van der Waals surface area contributed by atoms with E-state index in [4.69, 9.17) is 14.0 Å². The second-order valence-electron chi connectivity index (χ2n) is 5.65. The Bertz CT molecular complexity index is 997. The Labute approximate surface area is 156 Å². The molecule has 1 heterocycles. The maximum atomic E-state index is 5.36. The lowest BCUT2D eigenvalue weighted by Crippen LogP contribution is -1.93. The molecule has 0 aliphatic carbocycles. The predicted octanol–water partition coefficient (Wildman–Crippen LogP) is 5.74. The van der Waals surface area contributed by atoms with Crippen LogP contribution in [0, 0.1) is 0 Å². The van der Waals surface area contributed by atoms with Crippen molar-refractivity contribution in [1.29, 1.82) is 0 Å². The molecule has 0 aliphatic heterocycles. The van der Waals surface area contributed by atoms with Gasteiger partial charge in [0.25, 0.3) is 0 Å². The van der Waals surface area contributed by atoms with Gasteiger partial charge in [-0.05, 0) is 35.9 Å². The number of para-hydroxylation sites is 2. The Morgan fingerprint density at radius 1 is 0.769 bits per heavy atom. The number of fused-ring (bicyclic) bond motifs is 1. The van der Waals surface area contributed by atoms with Gasteiger partial charge in [0.1, 0.15) is 5.75 Å². The van der Waals surface area contributed by atoms with Crippen LogP contribution in [-0.2, 0) is 4.33 Å². The van der Waals surface area contributed by atoms with Crippen LogP contribution in [0.4, 0.5) is 0 Å². The van der Waals surface area contributed by atoms with Gasteiger partial charge in [-0.15, -0.1) is 0 Å². The Kier molecular flexibility index (Phi) is 4.82. The molecule has 0 spiro atoms. The van der Waals surface area contributed by atoms with Gasteiger partial charge in [-0.2, -0.15) is 0 Å². The highest BCUT2D eigenvalue weighted by atomic mass is 32.2. The van der Waals surface area contributed by atoms with Crippen molar-refractivity contribution >= 4 is 23.1 Å². The number of hydrogen-bond acceptors (Lipinski definition) is 4. The lowest BCUT2D eigenvalue weighted by Gasteiger charge is -2.04. The monoisotopic (exact) mass is 363 g/mol. The molecular formula is C21H17NO3S. The molecule has 130 valence electrons. The van der Waals surface area contributed by atoms with Crippen molar-refractivity contribution < 1.29 is 14.0 Å². The fourth-order valence-corrected chi connectivity index (χ4v) is 3.34. The molecule has 5 heteroatoms. The van der Waals surface area contributed by atoms with E-state index >= 15 is 0 Å². The van der Waals surface area contributed by atoms with E-state index in [9.17, 15) is 0 Å². The van der Waals surface area contributed by atoms with Gasteiger partial charge < -0.3 is 9.62 Å². The van der Waals surface area contributed by atoms with E-state index in [-0.39, 0.29) is 0 Å². The number of nitrogens with zero attached hydrogens (tertiary/aromatic N) is 1. The average molecular weight is 363 g/mol. The first-order valence-corrected chi connectivity index (χ1v) is 8.86. The number of hydrogen-bond donors (Lipinski definition) is 0. The van der Waals surface area contributed by atoms with Crippen LogP contribution in [-0.4, -0.2) is 11.1 Å². The molecule has 0 aliphatic rings. The highest BCUT2D eigenvalue weighted by Gasteiger charge is 2.11. The van der Waals surface area contributed by atoms with Crippen molar-refractivity contribution in [3.05, 3.63) is 85.1 Å². The minimum Gasteiger partial charge on any atom is -0.497 e. The van der Waals surface area contributed by atoms with Gasteiger partial charge in [-0.1, -0.05) is 52.9 Å². The Morgan fingerprint density at radius 3 is 2.27 bits per heavy atom. The zero-order valence-corrected chi connectivity index (χ0v) is 15.0. The number of rotatable bonds is 6. The Hall–Kier alpha value is -2.89. The summed E-state index contributed by atoms with van der Waals surface area (Å²) >= 11 is 1.14. The summed E-state index contributed by atoms with van der Waals surface area (Å²) < 4.78 is 12.6. The number of ether oxygens (including phenoxy) is 1. The lowest BCUT2D eigenvalue weighted by molar-refractivity contribution is -0.0785. The molecule has 0 atom stereocenters. The topological polar surface area (TPSA) is 32.6 Å². The molecule has 0 amide bonds. The highest BCUT2D eigenvalue weighted by Crippen LogP contribution is 2.34. The second kappa shape index (κ2) is 7.56. The first-order valence-electron chi connectivity index (χ1n) is 8.16. The molecule has 0 fully saturated rings. The van der Waals surface area contributed by atoms with Gasteiger partial charge in [0, 0.05) is 17.1 Å². The SMILES string of the molecule is COc1ccc(-c2cn(SOOc3ccccc3)c3ccccc23)cc1. The zero-order chi connectivity index (χ0) is 17.8. The molecule has 0 radical (unpaired) electrons. The van der Waals surface area contributed by atoms with Gasteiger partial charge in [0.05, 0.1) is 12.6 Å². The number of aromatic nitrogens is 1. The standard InChI is InChI=1S/C21H17NO3S/c1-23-17-13-11-16(12-14-17)20-15-22(21-10-6-5-9-19(20)21)26-25-24-18-7-3-2-4-8-18/h2-15H,1H3. The Morgan fingerprint density at radius 2 is 1.50 bits per heavy atom. The fraction of sp³-hybridized carbons (Fsp3) is 0.0476. The van der Waals surface area contributed by atoms with Gasteiger partial charge >= 0.3 is 0 Å². The van der Waals surface area contributed by atoms with Crippen LogP contribution in [0.2, 0.25) is 0 Å². The van der Waals surface area contributed by atoms with E-state index in [0.717, 1.165) is 40.0 Å². The molecule has 4 nitrogen and oxygen atoms in total. The summed E-state index contributed by atoms with van der Waals surface area (Å²) in [6.45, 7) is 0. The smallest absolute Gasteiger partial charge is 0.169 e. The summed E-state index contributed by atoms with van der Waals surface area (Å²) in [5, 5.41) is 1.15. The molecule has 0 N–H and O–H groups in total. The molecule has 26 heavy (non-hydrogen) atoms. The molecule has 0 saturated carbocycles. The van der Waals surface area contributed by atoms with Crippen LogP contribution in [0.1, 0.15) is 0 Å². The normalized spacial score (nSPS) is 10.8. The average Bonchev–Trinajstić information content (AvgIpc) is 3.08. The summed E-state index contributed by atoms with van der Waals surface area (Å²) in [6, 6.07) is 25.6. The van der Waals surface area contributed by atoms with Crippen LogP contribution >= 0.6 is 12.2 Å². The van der Waals surface area contributed by atoms with Crippen LogP contribution in [0.25, 0.3) is 22.0 Å². The van der Waals surface area contributed by atoms with Crippen molar-refractivity contribution in [2.24, 2.45) is 0 Å².